The van der Waals surface area contributed by atoms with E-state index in [1.807, 2.05) is 44.2 Å². The van der Waals surface area contributed by atoms with Crippen LogP contribution in [-0.4, -0.2) is 13.2 Å². The SMILES string of the molecule is Cc1cccc(OCCNC(C)c2cccc(F)c2)c1. The molecule has 2 nitrogen and oxygen atoms in total. The molecule has 106 valence electrons. The maximum Gasteiger partial charge on any atom is 0.123 e. The fraction of sp³-hybridized carbons (Fsp3) is 0.294. The van der Waals surface area contributed by atoms with Gasteiger partial charge in [0, 0.05) is 12.6 Å². The standard InChI is InChI=1S/C17H20FNO/c1-13-5-3-8-17(11-13)20-10-9-19-14(2)15-6-4-7-16(18)12-15/h3-8,11-12,14,19H,9-10H2,1-2H3. The van der Waals surface area contributed by atoms with Crippen LogP contribution >= 0.6 is 0 Å². The number of rotatable bonds is 6. The number of benzene rings is 2. The zero-order valence-corrected chi connectivity index (χ0v) is 11.9. The Bertz CT molecular complexity index is 556. The predicted octanol–water partition coefficient (Wildman–Crippen LogP) is 3.86. The van der Waals surface area contributed by atoms with Gasteiger partial charge in [0.05, 0.1) is 0 Å². The number of aryl methyl sites for hydroxylation is 1. The summed E-state index contributed by atoms with van der Waals surface area (Å²) in [5, 5.41) is 3.32. The Kier molecular flexibility index (Phi) is 5.13. The van der Waals surface area contributed by atoms with Gasteiger partial charge in [0.2, 0.25) is 0 Å². The first-order valence-electron chi connectivity index (χ1n) is 6.83. The molecule has 1 N–H and O–H groups in total. The maximum absolute atomic E-state index is 13.1. The van der Waals surface area contributed by atoms with Crippen molar-refractivity contribution >= 4 is 0 Å². The van der Waals surface area contributed by atoms with Gasteiger partial charge in [-0.05, 0) is 49.2 Å². The Labute approximate surface area is 119 Å². The van der Waals surface area contributed by atoms with E-state index in [9.17, 15) is 4.39 Å². The summed E-state index contributed by atoms with van der Waals surface area (Å²) in [5.74, 6) is 0.678. The average molecular weight is 273 g/mol. The van der Waals surface area contributed by atoms with Crippen molar-refractivity contribution in [2.75, 3.05) is 13.2 Å². The molecule has 2 aromatic carbocycles. The van der Waals surface area contributed by atoms with E-state index in [1.54, 1.807) is 12.1 Å². The van der Waals surface area contributed by atoms with E-state index < -0.39 is 0 Å². The lowest BCUT2D eigenvalue weighted by atomic mass is 10.1. The summed E-state index contributed by atoms with van der Waals surface area (Å²) < 4.78 is 18.8. The lowest BCUT2D eigenvalue weighted by molar-refractivity contribution is 0.307. The molecule has 0 bridgehead atoms. The second-order valence-electron chi connectivity index (χ2n) is 4.90. The lowest BCUT2D eigenvalue weighted by Crippen LogP contribution is -2.24. The molecule has 1 unspecified atom stereocenters. The molecule has 0 aliphatic heterocycles. The van der Waals surface area contributed by atoms with Crippen molar-refractivity contribution in [3.63, 3.8) is 0 Å². The van der Waals surface area contributed by atoms with Gasteiger partial charge in [0.1, 0.15) is 18.2 Å². The van der Waals surface area contributed by atoms with Crippen molar-refractivity contribution in [3.05, 3.63) is 65.5 Å². The molecule has 0 fully saturated rings. The monoisotopic (exact) mass is 273 g/mol. The molecule has 20 heavy (non-hydrogen) atoms. The van der Waals surface area contributed by atoms with Crippen molar-refractivity contribution in [1.82, 2.24) is 5.32 Å². The zero-order valence-electron chi connectivity index (χ0n) is 11.9. The molecule has 2 rings (SSSR count). The Morgan fingerprint density at radius 3 is 2.70 bits per heavy atom. The summed E-state index contributed by atoms with van der Waals surface area (Å²) in [7, 11) is 0. The van der Waals surface area contributed by atoms with Gasteiger partial charge in [0.15, 0.2) is 0 Å². The Morgan fingerprint density at radius 2 is 1.95 bits per heavy atom. The van der Waals surface area contributed by atoms with Crippen LogP contribution in [0.25, 0.3) is 0 Å². The summed E-state index contributed by atoms with van der Waals surface area (Å²) in [6, 6.07) is 14.7. The minimum Gasteiger partial charge on any atom is -0.492 e. The van der Waals surface area contributed by atoms with Gasteiger partial charge in [0.25, 0.3) is 0 Å². The second-order valence-corrected chi connectivity index (χ2v) is 4.90. The van der Waals surface area contributed by atoms with Gasteiger partial charge < -0.3 is 10.1 Å². The summed E-state index contributed by atoms with van der Waals surface area (Å²) in [6.07, 6.45) is 0. The molecule has 0 spiro atoms. The quantitative estimate of drug-likeness (QED) is 0.807. The molecule has 2 aromatic rings. The fourth-order valence-electron chi connectivity index (χ4n) is 2.04. The van der Waals surface area contributed by atoms with Crippen LogP contribution in [0.3, 0.4) is 0 Å². The highest BCUT2D eigenvalue weighted by Crippen LogP contribution is 2.14. The molecule has 0 aliphatic rings. The third-order valence-electron chi connectivity index (χ3n) is 3.16. The molecule has 0 radical (unpaired) electrons. The van der Waals surface area contributed by atoms with E-state index in [0.29, 0.717) is 13.2 Å². The summed E-state index contributed by atoms with van der Waals surface area (Å²) >= 11 is 0. The normalized spacial score (nSPS) is 12.2. The Morgan fingerprint density at radius 1 is 1.15 bits per heavy atom. The van der Waals surface area contributed by atoms with Crippen LogP contribution in [0.5, 0.6) is 5.75 Å². The number of nitrogens with one attached hydrogen (secondary N) is 1. The second kappa shape index (κ2) is 7.06. The number of hydrogen-bond donors (Lipinski definition) is 1. The van der Waals surface area contributed by atoms with E-state index in [1.165, 1.54) is 11.6 Å². The Hall–Kier alpha value is -1.87. The Balaban J connectivity index is 1.76. The molecule has 0 aliphatic carbocycles. The van der Waals surface area contributed by atoms with Crippen LogP contribution in [0.2, 0.25) is 0 Å². The summed E-state index contributed by atoms with van der Waals surface area (Å²) in [5.41, 5.74) is 2.13. The maximum atomic E-state index is 13.1. The van der Waals surface area contributed by atoms with E-state index in [4.69, 9.17) is 4.74 Å². The van der Waals surface area contributed by atoms with Crippen LogP contribution in [-0.2, 0) is 0 Å². The highest BCUT2D eigenvalue weighted by atomic mass is 19.1. The average Bonchev–Trinajstić information content (AvgIpc) is 2.43. The highest BCUT2D eigenvalue weighted by Gasteiger charge is 2.05. The minimum absolute atomic E-state index is 0.104. The largest absolute Gasteiger partial charge is 0.492 e. The van der Waals surface area contributed by atoms with Gasteiger partial charge >= 0.3 is 0 Å². The molecular weight excluding hydrogens is 253 g/mol. The van der Waals surface area contributed by atoms with Crippen LogP contribution in [0.1, 0.15) is 24.1 Å². The predicted molar refractivity (Wildman–Crippen MR) is 79.5 cm³/mol. The molecule has 0 heterocycles. The molecule has 0 saturated heterocycles. The van der Waals surface area contributed by atoms with Gasteiger partial charge in [-0.1, -0.05) is 24.3 Å². The fourth-order valence-corrected chi connectivity index (χ4v) is 2.04. The highest BCUT2D eigenvalue weighted by molar-refractivity contribution is 5.27. The molecule has 1 atom stereocenters. The first-order valence-corrected chi connectivity index (χ1v) is 6.83. The van der Waals surface area contributed by atoms with Crippen LogP contribution < -0.4 is 10.1 Å². The first-order chi connectivity index (χ1) is 9.65. The van der Waals surface area contributed by atoms with Crippen molar-refractivity contribution in [2.24, 2.45) is 0 Å². The molecular formula is C17H20FNO. The van der Waals surface area contributed by atoms with Crippen LogP contribution in [0, 0.1) is 12.7 Å². The van der Waals surface area contributed by atoms with E-state index in [0.717, 1.165) is 11.3 Å². The van der Waals surface area contributed by atoms with Crippen LogP contribution in [0.15, 0.2) is 48.5 Å². The minimum atomic E-state index is -0.202. The number of ether oxygens (including phenoxy) is 1. The molecule has 0 amide bonds. The summed E-state index contributed by atoms with van der Waals surface area (Å²) in [4.78, 5) is 0. The van der Waals surface area contributed by atoms with Gasteiger partial charge in [-0.25, -0.2) is 4.39 Å². The van der Waals surface area contributed by atoms with Crippen LogP contribution in [0.4, 0.5) is 4.39 Å². The molecule has 0 saturated carbocycles. The topological polar surface area (TPSA) is 21.3 Å². The van der Waals surface area contributed by atoms with Crippen molar-refractivity contribution in [1.29, 1.82) is 0 Å². The van der Waals surface area contributed by atoms with Crippen molar-refractivity contribution in [2.45, 2.75) is 19.9 Å². The number of hydrogen-bond acceptors (Lipinski definition) is 2. The van der Waals surface area contributed by atoms with Gasteiger partial charge in [-0.15, -0.1) is 0 Å². The number of halogens is 1. The summed E-state index contributed by atoms with van der Waals surface area (Å²) in [6.45, 7) is 5.35. The zero-order chi connectivity index (χ0) is 14.4. The van der Waals surface area contributed by atoms with E-state index >= 15 is 0 Å². The molecule has 0 aromatic heterocycles. The van der Waals surface area contributed by atoms with Crippen molar-refractivity contribution < 1.29 is 9.13 Å². The van der Waals surface area contributed by atoms with Gasteiger partial charge in [-0.2, -0.15) is 0 Å². The van der Waals surface area contributed by atoms with Gasteiger partial charge in [-0.3, -0.25) is 0 Å². The lowest BCUT2D eigenvalue weighted by Gasteiger charge is -2.15. The third-order valence-corrected chi connectivity index (χ3v) is 3.16. The first kappa shape index (κ1) is 14.5. The third kappa shape index (κ3) is 4.35. The smallest absolute Gasteiger partial charge is 0.123 e. The van der Waals surface area contributed by atoms with E-state index in [-0.39, 0.29) is 11.9 Å². The molecule has 3 heteroatoms. The van der Waals surface area contributed by atoms with E-state index in [2.05, 4.69) is 5.32 Å². The van der Waals surface area contributed by atoms with Crippen molar-refractivity contribution in [3.8, 4) is 5.75 Å².